The Morgan fingerprint density at radius 2 is 2.17 bits per heavy atom. The average molecular weight is 243 g/mol. The summed E-state index contributed by atoms with van der Waals surface area (Å²) >= 11 is 0. The summed E-state index contributed by atoms with van der Waals surface area (Å²) in [7, 11) is 4.03. The van der Waals surface area contributed by atoms with Gasteiger partial charge in [-0.2, -0.15) is 0 Å². The first-order valence-electron chi connectivity index (χ1n) is 5.84. The normalized spacial score (nSPS) is 9.94. The molecule has 0 aliphatic heterocycles. The molecule has 0 atom stereocenters. The molecule has 0 spiro atoms. The Morgan fingerprint density at radius 3 is 2.72 bits per heavy atom. The molecule has 0 aromatic carbocycles. The van der Waals surface area contributed by atoms with Crippen molar-refractivity contribution in [3.63, 3.8) is 0 Å². The lowest BCUT2D eigenvalue weighted by molar-refractivity contribution is 1.11. The number of nitrogens with zero attached hydrogens (tertiary/aromatic N) is 3. The zero-order valence-corrected chi connectivity index (χ0v) is 11.6. The van der Waals surface area contributed by atoms with Gasteiger partial charge in [0.05, 0.1) is 0 Å². The predicted octanol–water partition coefficient (Wildman–Crippen LogP) is 3.24. The standard InChI is InChI=1S/C12H17N3.C3H4/c1-4-7-13-8-5-11-10-14-9-6-12(11)15(2)3;1-3-2/h5-10H,4H2,1-3H3;1H,2H3/b8-5+,13-7?;. The second kappa shape index (κ2) is 10.1. The second-order valence-corrected chi connectivity index (χ2v) is 3.67. The first kappa shape index (κ1) is 15.9. The van der Waals surface area contributed by atoms with Gasteiger partial charge in [0, 0.05) is 50.2 Å². The number of aromatic nitrogens is 1. The van der Waals surface area contributed by atoms with Crippen LogP contribution >= 0.6 is 0 Å². The quantitative estimate of drug-likeness (QED) is 0.600. The van der Waals surface area contributed by atoms with Crippen LogP contribution in [0, 0.1) is 12.3 Å². The number of aliphatic imine (C=N–C) groups is 1. The number of anilines is 1. The van der Waals surface area contributed by atoms with Crippen LogP contribution in [-0.4, -0.2) is 25.3 Å². The van der Waals surface area contributed by atoms with E-state index in [0.29, 0.717) is 0 Å². The van der Waals surface area contributed by atoms with Crippen molar-refractivity contribution in [1.82, 2.24) is 4.98 Å². The van der Waals surface area contributed by atoms with Gasteiger partial charge < -0.3 is 4.90 Å². The van der Waals surface area contributed by atoms with Gasteiger partial charge in [0.2, 0.25) is 0 Å². The third-order valence-electron chi connectivity index (χ3n) is 1.94. The molecule has 18 heavy (non-hydrogen) atoms. The molecule has 0 aliphatic rings. The molecule has 3 heteroatoms. The fourth-order valence-electron chi connectivity index (χ4n) is 1.22. The van der Waals surface area contributed by atoms with Gasteiger partial charge in [-0.1, -0.05) is 6.92 Å². The smallest absolute Gasteiger partial charge is 0.0466 e. The molecular weight excluding hydrogens is 222 g/mol. The third kappa shape index (κ3) is 6.49. The van der Waals surface area contributed by atoms with Crippen LogP contribution in [0.5, 0.6) is 0 Å². The van der Waals surface area contributed by atoms with Crippen LogP contribution in [0.3, 0.4) is 0 Å². The molecule has 0 bridgehead atoms. The van der Waals surface area contributed by atoms with Gasteiger partial charge in [-0.25, -0.2) is 0 Å². The summed E-state index contributed by atoms with van der Waals surface area (Å²) in [4.78, 5) is 10.3. The maximum absolute atomic E-state index is 4.60. The number of hydrogen-bond acceptors (Lipinski definition) is 3. The molecule has 1 rings (SSSR count). The van der Waals surface area contributed by atoms with Gasteiger partial charge >= 0.3 is 0 Å². The molecule has 0 amide bonds. The zero-order chi connectivity index (χ0) is 13.8. The van der Waals surface area contributed by atoms with Crippen molar-refractivity contribution in [2.45, 2.75) is 20.3 Å². The molecule has 1 aromatic heterocycles. The summed E-state index contributed by atoms with van der Waals surface area (Å²) in [5, 5.41) is 0. The van der Waals surface area contributed by atoms with E-state index in [0.717, 1.165) is 17.7 Å². The molecule has 0 aliphatic carbocycles. The summed E-state index contributed by atoms with van der Waals surface area (Å²) in [6.07, 6.45) is 14.8. The van der Waals surface area contributed by atoms with E-state index in [9.17, 15) is 0 Å². The largest absolute Gasteiger partial charge is 0.377 e. The third-order valence-corrected chi connectivity index (χ3v) is 1.94. The molecule has 0 saturated heterocycles. The highest BCUT2D eigenvalue weighted by Crippen LogP contribution is 2.17. The van der Waals surface area contributed by atoms with Crippen LogP contribution in [0.2, 0.25) is 0 Å². The first-order chi connectivity index (χ1) is 8.67. The fourth-order valence-corrected chi connectivity index (χ4v) is 1.22. The molecule has 1 aromatic rings. The van der Waals surface area contributed by atoms with E-state index in [1.807, 2.05) is 38.6 Å². The lowest BCUT2D eigenvalue weighted by Gasteiger charge is -2.14. The maximum Gasteiger partial charge on any atom is 0.0466 e. The van der Waals surface area contributed by atoms with Crippen molar-refractivity contribution in [3.8, 4) is 12.3 Å². The van der Waals surface area contributed by atoms with E-state index < -0.39 is 0 Å². The molecule has 0 N–H and O–H groups in total. The summed E-state index contributed by atoms with van der Waals surface area (Å²) in [6, 6.07) is 1.99. The zero-order valence-electron chi connectivity index (χ0n) is 11.6. The van der Waals surface area contributed by atoms with Crippen molar-refractivity contribution in [1.29, 1.82) is 0 Å². The Bertz CT molecular complexity index is 426. The van der Waals surface area contributed by atoms with E-state index in [4.69, 9.17) is 0 Å². The van der Waals surface area contributed by atoms with Crippen LogP contribution in [0.25, 0.3) is 6.08 Å². The van der Waals surface area contributed by atoms with E-state index >= 15 is 0 Å². The van der Waals surface area contributed by atoms with Gasteiger partial charge in [-0.15, -0.1) is 12.3 Å². The molecule has 0 unspecified atom stereocenters. The molecule has 96 valence electrons. The van der Waals surface area contributed by atoms with E-state index in [-0.39, 0.29) is 0 Å². The first-order valence-corrected chi connectivity index (χ1v) is 5.84. The van der Waals surface area contributed by atoms with E-state index in [1.165, 1.54) is 0 Å². The number of terminal acetylenes is 1. The number of rotatable bonds is 4. The number of hydrogen-bond donors (Lipinski definition) is 0. The van der Waals surface area contributed by atoms with Gasteiger partial charge in [-0.05, 0) is 25.5 Å². The molecule has 0 saturated carbocycles. The van der Waals surface area contributed by atoms with Gasteiger partial charge in [-0.3, -0.25) is 9.98 Å². The summed E-state index contributed by atoms with van der Waals surface area (Å²) in [5.41, 5.74) is 2.23. The Labute approximate surface area is 110 Å². The van der Waals surface area contributed by atoms with Gasteiger partial charge in [0.25, 0.3) is 0 Å². The highest BCUT2D eigenvalue weighted by atomic mass is 15.1. The van der Waals surface area contributed by atoms with Crippen LogP contribution < -0.4 is 4.90 Å². The van der Waals surface area contributed by atoms with Gasteiger partial charge in [0.1, 0.15) is 0 Å². The van der Waals surface area contributed by atoms with Crippen molar-refractivity contribution < 1.29 is 0 Å². The molecule has 3 nitrogen and oxygen atoms in total. The van der Waals surface area contributed by atoms with Crippen LogP contribution in [0.15, 0.2) is 29.7 Å². The molecule has 0 radical (unpaired) electrons. The predicted molar refractivity (Wildman–Crippen MR) is 80.9 cm³/mol. The minimum Gasteiger partial charge on any atom is -0.377 e. The maximum atomic E-state index is 4.60. The average Bonchev–Trinajstić information content (AvgIpc) is 2.36. The molecular formula is C15H21N3. The van der Waals surface area contributed by atoms with Crippen LogP contribution in [0.4, 0.5) is 5.69 Å². The lowest BCUT2D eigenvalue weighted by atomic mass is 10.2. The van der Waals surface area contributed by atoms with Gasteiger partial charge in [0.15, 0.2) is 0 Å². The lowest BCUT2D eigenvalue weighted by Crippen LogP contribution is -2.10. The van der Waals surface area contributed by atoms with E-state index in [2.05, 4.69) is 34.1 Å². The van der Waals surface area contributed by atoms with E-state index in [1.54, 1.807) is 19.3 Å². The Morgan fingerprint density at radius 1 is 1.50 bits per heavy atom. The summed E-state index contributed by atoms with van der Waals surface area (Å²) < 4.78 is 0. The Balaban J connectivity index is 0.000000873. The van der Waals surface area contributed by atoms with Crippen molar-refractivity contribution >= 4 is 18.0 Å². The van der Waals surface area contributed by atoms with Crippen molar-refractivity contribution in [2.24, 2.45) is 4.99 Å². The monoisotopic (exact) mass is 243 g/mol. The highest BCUT2D eigenvalue weighted by Gasteiger charge is 1.99. The van der Waals surface area contributed by atoms with Crippen molar-refractivity contribution in [3.05, 3.63) is 30.2 Å². The second-order valence-electron chi connectivity index (χ2n) is 3.67. The molecule has 0 fully saturated rings. The van der Waals surface area contributed by atoms with Crippen LogP contribution in [-0.2, 0) is 0 Å². The summed E-state index contributed by atoms with van der Waals surface area (Å²) in [6.45, 7) is 3.71. The van der Waals surface area contributed by atoms with Crippen molar-refractivity contribution in [2.75, 3.05) is 19.0 Å². The fraction of sp³-hybridized carbons (Fsp3) is 0.333. The highest BCUT2D eigenvalue weighted by molar-refractivity contribution is 5.67. The number of pyridine rings is 1. The van der Waals surface area contributed by atoms with Crippen LogP contribution in [0.1, 0.15) is 25.8 Å². The SMILES string of the molecule is C#CC.CCC=N/C=C/c1cnccc1N(C)C. The topological polar surface area (TPSA) is 28.5 Å². The molecule has 1 heterocycles. The summed E-state index contributed by atoms with van der Waals surface area (Å²) in [5.74, 6) is 2.25. The minimum absolute atomic E-state index is 0.956. The Hall–Kier alpha value is -2.08. The Kier molecular flexibility index (Phi) is 8.93. The minimum atomic E-state index is 0.956.